The van der Waals surface area contributed by atoms with E-state index in [1.54, 1.807) is 0 Å². The molecule has 15 heteroatoms. The van der Waals surface area contributed by atoms with Gasteiger partial charge in [-0.15, -0.1) is 18.2 Å². The number of nitrogens with zero attached hydrogens (tertiary/aromatic N) is 4. The number of rotatable bonds is 4. The van der Waals surface area contributed by atoms with Gasteiger partial charge in [0.2, 0.25) is 12.2 Å². The van der Waals surface area contributed by atoms with Crippen molar-refractivity contribution in [2.45, 2.75) is 12.4 Å². The SMILES string of the molecule is N#C/N=C(/Nc1cccc(OC(F)(F)F)c1F)N1CC(NC(=O)O)C(c2ccc(Cl)c(Cl)c2)=N1. The highest BCUT2D eigenvalue weighted by molar-refractivity contribution is 6.42. The number of carbonyl (C=O) groups is 1. The van der Waals surface area contributed by atoms with E-state index in [-0.39, 0.29) is 22.3 Å². The zero-order valence-corrected chi connectivity index (χ0v) is 18.1. The van der Waals surface area contributed by atoms with E-state index in [4.69, 9.17) is 28.5 Å². The fourth-order valence-electron chi connectivity index (χ4n) is 2.94. The van der Waals surface area contributed by atoms with Crippen LogP contribution in [-0.4, -0.2) is 46.8 Å². The van der Waals surface area contributed by atoms with E-state index in [9.17, 15) is 27.5 Å². The molecule has 3 N–H and O–H groups in total. The number of benzene rings is 2. The van der Waals surface area contributed by atoms with Crippen molar-refractivity contribution in [3.05, 3.63) is 57.8 Å². The van der Waals surface area contributed by atoms with Crippen molar-refractivity contribution in [3.8, 4) is 11.9 Å². The number of alkyl halides is 3. The second-order valence-electron chi connectivity index (χ2n) is 6.52. The third-order valence-corrected chi connectivity index (χ3v) is 5.00. The van der Waals surface area contributed by atoms with E-state index in [1.807, 2.05) is 0 Å². The van der Waals surface area contributed by atoms with Crippen LogP contribution in [0.5, 0.6) is 5.75 Å². The van der Waals surface area contributed by atoms with Crippen LogP contribution >= 0.6 is 23.2 Å². The van der Waals surface area contributed by atoms with Gasteiger partial charge < -0.3 is 20.5 Å². The van der Waals surface area contributed by atoms with Gasteiger partial charge >= 0.3 is 12.5 Å². The molecule has 0 saturated heterocycles. The van der Waals surface area contributed by atoms with Crippen molar-refractivity contribution >= 4 is 46.7 Å². The van der Waals surface area contributed by atoms with Crippen molar-refractivity contribution in [1.29, 1.82) is 5.26 Å². The smallest absolute Gasteiger partial charge is 0.465 e. The molecule has 0 spiro atoms. The second kappa shape index (κ2) is 10.0. The first-order valence-electron chi connectivity index (χ1n) is 9.07. The number of ether oxygens (including phenoxy) is 1. The van der Waals surface area contributed by atoms with Gasteiger partial charge in [-0.1, -0.05) is 35.3 Å². The molecule has 0 bridgehead atoms. The zero-order valence-electron chi connectivity index (χ0n) is 16.6. The van der Waals surface area contributed by atoms with Crippen molar-refractivity contribution < 1.29 is 32.2 Å². The zero-order chi connectivity index (χ0) is 25.0. The Morgan fingerprint density at radius 1 is 1.29 bits per heavy atom. The highest BCUT2D eigenvalue weighted by atomic mass is 35.5. The van der Waals surface area contributed by atoms with Crippen LogP contribution in [-0.2, 0) is 0 Å². The van der Waals surface area contributed by atoms with E-state index in [2.05, 4.69) is 25.5 Å². The summed E-state index contributed by atoms with van der Waals surface area (Å²) in [7, 11) is 0. The van der Waals surface area contributed by atoms with Crippen molar-refractivity contribution in [2.24, 2.45) is 10.1 Å². The van der Waals surface area contributed by atoms with E-state index in [0.29, 0.717) is 5.56 Å². The Labute approximate surface area is 198 Å². The number of nitriles is 1. The summed E-state index contributed by atoms with van der Waals surface area (Å²) in [6.07, 6.45) is -5.04. The quantitative estimate of drug-likeness (QED) is 0.234. The van der Waals surface area contributed by atoms with E-state index in [0.717, 1.165) is 23.2 Å². The Kier molecular flexibility index (Phi) is 7.33. The second-order valence-corrected chi connectivity index (χ2v) is 7.34. The van der Waals surface area contributed by atoms with Crippen molar-refractivity contribution in [1.82, 2.24) is 10.3 Å². The number of hydrogen-bond donors (Lipinski definition) is 3. The van der Waals surface area contributed by atoms with Gasteiger partial charge in [0.25, 0.3) is 0 Å². The normalized spacial score (nSPS) is 16.0. The molecular weight excluding hydrogens is 507 g/mol. The molecule has 3 rings (SSSR count). The molecule has 0 fully saturated rings. The molecule has 1 aliphatic heterocycles. The summed E-state index contributed by atoms with van der Waals surface area (Å²) in [5.74, 6) is -2.91. The molecule has 0 saturated carbocycles. The summed E-state index contributed by atoms with van der Waals surface area (Å²) in [4.78, 5) is 14.8. The molecule has 1 unspecified atom stereocenters. The molecular formula is C19H12Cl2F4N6O3. The number of carboxylic acid groups (broad SMARTS) is 1. The van der Waals surface area contributed by atoms with Gasteiger partial charge in [0.15, 0.2) is 11.6 Å². The standard InChI is InChI=1S/C19H12Cl2F4N6O3/c20-10-5-4-9(6-11(10)21)16-13(29-18(32)33)7-31(30-16)17(27-8-26)28-12-2-1-3-14(15(12)22)34-19(23,24)25/h1-6,13,29H,7H2,(H,27,28)(H,32,33). The topological polar surface area (TPSA) is 122 Å². The fourth-order valence-corrected chi connectivity index (χ4v) is 3.24. The molecule has 1 heterocycles. The van der Waals surface area contributed by atoms with Gasteiger partial charge in [-0.05, 0) is 24.3 Å². The highest BCUT2D eigenvalue weighted by Gasteiger charge is 2.34. The molecule has 1 aliphatic rings. The van der Waals surface area contributed by atoms with E-state index in [1.165, 1.54) is 24.4 Å². The largest absolute Gasteiger partial charge is 0.573 e. The molecule has 34 heavy (non-hydrogen) atoms. The monoisotopic (exact) mass is 518 g/mol. The summed E-state index contributed by atoms with van der Waals surface area (Å²) in [5, 5.41) is 28.5. The minimum absolute atomic E-state index is 0.169. The van der Waals surface area contributed by atoms with Gasteiger partial charge in [0.05, 0.1) is 34.0 Å². The maximum absolute atomic E-state index is 14.6. The summed E-state index contributed by atoms with van der Waals surface area (Å²) >= 11 is 11.9. The first-order chi connectivity index (χ1) is 16.0. The maximum Gasteiger partial charge on any atom is 0.573 e. The van der Waals surface area contributed by atoms with Crippen molar-refractivity contribution in [2.75, 3.05) is 11.9 Å². The van der Waals surface area contributed by atoms with E-state index < -0.39 is 41.7 Å². The van der Waals surface area contributed by atoms with Crippen molar-refractivity contribution in [3.63, 3.8) is 0 Å². The first-order valence-corrected chi connectivity index (χ1v) is 9.83. The number of amides is 1. The number of halogens is 6. The summed E-state index contributed by atoms with van der Waals surface area (Å²) in [6.45, 7) is -0.199. The Morgan fingerprint density at radius 2 is 2.03 bits per heavy atom. The molecule has 0 radical (unpaired) electrons. The molecule has 9 nitrogen and oxygen atoms in total. The van der Waals surface area contributed by atoms with Crippen LogP contribution in [0.4, 0.5) is 28.0 Å². The van der Waals surface area contributed by atoms with Gasteiger partial charge in [-0.3, -0.25) is 0 Å². The van der Waals surface area contributed by atoms with Crippen LogP contribution in [0.15, 0.2) is 46.5 Å². The summed E-state index contributed by atoms with van der Waals surface area (Å²) in [5.41, 5.74) is 0.0541. The van der Waals surface area contributed by atoms with Crippen LogP contribution in [0, 0.1) is 17.3 Å². The lowest BCUT2D eigenvalue weighted by Crippen LogP contribution is -2.43. The molecule has 178 valence electrons. The number of hydrogen-bond acceptors (Lipinski definition) is 5. The lowest BCUT2D eigenvalue weighted by Gasteiger charge is -2.19. The Hall–Kier alpha value is -3.76. The predicted molar refractivity (Wildman–Crippen MR) is 114 cm³/mol. The lowest BCUT2D eigenvalue weighted by atomic mass is 10.0. The number of nitrogens with one attached hydrogen (secondary N) is 2. The van der Waals surface area contributed by atoms with Gasteiger partial charge in [0.1, 0.15) is 0 Å². The van der Waals surface area contributed by atoms with Crippen LogP contribution in [0.25, 0.3) is 0 Å². The minimum atomic E-state index is -5.13. The van der Waals surface area contributed by atoms with Crippen LogP contribution < -0.4 is 15.4 Å². The lowest BCUT2D eigenvalue weighted by molar-refractivity contribution is -0.275. The number of guanidine groups is 1. The minimum Gasteiger partial charge on any atom is -0.465 e. The van der Waals surface area contributed by atoms with Gasteiger partial charge in [-0.2, -0.15) is 10.4 Å². The number of anilines is 1. The third-order valence-electron chi connectivity index (χ3n) is 4.26. The predicted octanol–water partition coefficient (Wildman–Crippen LogP) is 4.64. The molecule has 1 amide bonds. The highest BCUT2D eigenvalue weighted by Crippen LogP contribution is 2.30. The summed E-state index contributed by atoms with van der Waals surface area (Å²) < 4.78 is 55.7. The maximum atomic E-state index is 14.6. The third kappa shape index (κ3) is 5.97. The average Bonchev–Trinajstić information content (AvgIpc) is 3.14. The molecule has 0 aromatic heterocycles. The first kappa shape index (κ1) is 24.9. The van der Waals surface area contributed by atoms with Gasteiger partial charge in [0, 0.05) is 5.56 Å². The Morgan fingerprint density at radius 3 is 2.65 bits per heavy atom. The van der Waals surface area contributed by atoms with Gasteiger partial charge in [-0.25, -0.2) is 14.2 Å². The number of aliphatic imine (C=N–C) groups is 1. The van der Waals surface area contributed by atoms with Crippen LogP contribution in [0.2, 0.25) is 10.0 Å². The van der Waals surface area contributed by atoms with E-state index >= 15 is 0 Å². The Balaban J connectivity index is 1.96. The molecule has 2 aromatic carbocycles. The molecule has 1 atom stereocenters. The molecule has 2 aromatic rings. The van der Waals surface area contributed by atoms with Crippen LogP contribution in [0.3, 0.4) is 0 Å². The number of hydrazone groups is 1. The fraction of sp³-hybridized carbons (Fsp3) is 0.158. The Bertz CT molecular complexity index is 1220. The summed E-state index contributed by atoms with van der Waals surface area (Å²) in [6, 6.07) is 6.42. The van der Waals surface area contributed by atoms with Crippen LogP contribution in [0.1, 0.15) is 5.56 Å². The average molecular weight is 519 g/mol. The molecule has 0 aliphatic carbocycles.